The van der Waals surface area contributed by atoms with Crippen molar-refractivity contribution in [3.8, 4) is 5.75 Å². The third-order valence-corrected chi connectivity index (χ3v) is 3.54. The number of hydrogen-bond acceptors (Lipinski definition) is 3. The normalized spacial score (nSPS) is 20.9. The molecule has 3 nitrogen and oxygen atoms in total. The lowest BCUT2D eigenvalue weighted by Gasteiger charge is -2.17. The summed E-state index contributed by atoms with van der Waals surface area (Å²) in [7, 11) is 1.97. The molecule has 1 heterocycles. The molecule has 1 N–H and O–H groups in total. The molecule has 0 aliphatic carbocycles. The third kappa shape index (κ3) is 3.47. The highest BCUT2D eigenvalue weighted by atomic mass is 16.5. The molecule has 18 heavy (non-hydrogen) atoms. The second-order valence-corrected chi connectivity index (χ2v) is 4.82. The Morgan fingerprint density at radius 3 is 3.00 bits per heavy atom. The molecule has 1 aliphatic rings. The lowest BCUT2D eigenvalue weighted by Crippen LogP contribution is -2.15. The van der Waals surface area contributed by atoms with E-state index in [1.807, 2.05) is 19.2 Å². The molecule has 2 rings (SSSR count). The van der Waals surface area contributed by atoms with E-state index in [2.05, 4.69) is 24.4 Å². The Morgan fingerprint density at radius 1 is 1.44 bits per heavy atom. The molecular weight excluding hydrogens is 226 g/mol. The van der Waals surface area contributed by atoms with Crippen LogP contribution in [0, 0.1) is 0 Å². The van der Waals surface area contributed by atoms with Crippen molar-refractivity contribution < 1.29 is 9.47 Å². The maximum Gasteiger partial charge on any atom is 0.124 e. The summed E-state index contributed by atoms with van der Waals surface area (Å²) >= 11 is 0. The van der Waals surface area contributed by atoms with Gasteiger partial charge in [0.25, 0.3) is 0 Å². The molecule has 2 unspecified atom stereocenters. The zero-order valence-electron chi connectivity index (χ0n) is 11.3. The zero-order valence-corrected chi connectivity index (χ0v) is 11.3. The van der Waals surface area contributed by atoms with Crippen LogP contribution in [-0.4, -0.2) is 26.4 Å². The van der Waals surface area contributed by atoms with E-state index in [9.17, 15) is 0 Å². The van der Waals surface area contributed by atoms with Crippen LogP contribution in [0.4, 0.5) is 0 Å². The Morgan fingerprint density at radius 2 is 2.28 bits per heavy atom. The number of ether oxygens (including phenoxy) is 2. The monoisotopic (exact) mass is 249 g/mol. The van der Waals surface area contributed by atoms with Crippen LogP contribution in [-0.2, 0) is 4.74 Å². The van der Waals surface area contributed by atoms with Crippen LogP contribution in [0.25, 0.3) is 0 Å². The van der Waals surface area contributed by atoms with Crippen molar-refractivity contribution in [2.75, 3.05) is 20.3 Å². The first kappa shape index (κ1) is 13.4. The lowest BCUT2D eigenvalue weighted by atomic mass is 10.1. The van der Waals surface area contributed by atoms with E-state index in [-0.39, 0.29) is 0 Å². The number of benzene rings is 1. The summed E-state index contributed by atoms with van der Waals surface area (Å²) in [5, 5.41) is 3.25. The maximum absolute atomic E-state index is 5.90. The molecule has 1 fully saturated rings. The Bertz CT molecular complexity index is 361. The van der Waals surface area contributed by atoms with Crippen molar-refractivity contribution >= 4 is 0 Å². The van der Waals surface area contributed by atoms with E-state index in [4.69, 9.17) is 9.47 Å². The molecule has 3 heteroatoms. The van der Waals surface area contributed by atoms with Crippen molar-refractivity contribution in [3.63, 3.8) is 0 Å². The number of para-hydroxylation sites is 1. The van der Waals surface area contributed by atoms with Gasteiger partial charge in [0.05, 0.1) is 12.7 Å². The maximum atomic E-state index is 5.90. The largest absolute Gasteiger partial charge is 0.493 e. The predicted octanol–water partition coefficient (Wildman–Crippen LogP) is 2.91. The summed E-state index contributed by atoms with van der Waals surface area (Å²) < 4.78 is 11.5. The van der Waals surface area contributed by atoms with Crippen molar-refractivity contribution in [2.45, 2.75) is 38.3 Å². The van der Waals surface area contributed by atoms with Crippen molar-refractivity contribution in [1.29, 1.82) is 0 Å². The SMILES string of the molecule is CNC(C)c1ccccc1OCCC1CCCO1. The molecule has 0 spiro atoms. The van der Waals surface area contributed by atoms with Gasteiger partial charge >= 0.3 is 0 Å². The van der Waals surface area contributed by atoms with Crippen LogP contribution in [0.15, 0.2) is 24.3 Å². The highest BCUT2D eigenvalue weighted by molar-refractivity contribution is 5.35. The Labute approximate surface area is 109 Å². The minimum Gasteiger partial charge on any atom is -0.493 e. The van der Waals surface area contributed by atoms with E-state index in [0.29, 0.717) is 12.1 Å². The smallest absolute Gasteiger partial charge is 0.124 e. The first-order valence-corrected chi connectivity index (χ1v) is 6.82. The van der Waals surface area contributed by atoms with Crippen LogP contribution < -0.4 is 10.1 Å². The van der Waals surface area contributed by atoms with E-state index in [1.165, 1.54) is 18.4 Å². The van der Waals surface area contributed by atoms with E-state index < -0.39 is 0 Å². The first-order chi connectivity index (χ1) is 8.81. The van der Waals surface area contributed by atoms with Gasteiger partial charge in [-0.15, -0.1) is 0 Å². The van der Waals surface area contributed by atoms with E-state index in [1.54, 1.807) is 0 Å². The fraction of sp³-hybridized carbons (Fsp3) is 0.600. The number of rotatable bonds is 6. The Balaban J connectivity index is 1.87. The lowest BCUT2D eigenvalue weighted by molar-refractivity contribution is 0.0901. The standard InChI is InChI=1S/C15H23NO2/c1-12(16-2)14-7-3-4-8-15(14)18-11-9-13-6-5-10-17-13/h3-4,7-8,12-13,16H,5-6,9-11H2,1-2H3. The van der Waals surface area contributed by atoms with Crippen molar-refractivity contribution in [3.05, 3.63) is 29.8 Å². The van der Waals surface area contributed by atoms with E-state index in [0.717, 1.165) is 25.4 Å². The molecule has 100 valence electrons. The van der Waals surface area contributed by atoms with Crippen molar-refractivity contribution in [2.24, 2.45) is 0 Å². The number of hydrogen-bond donors (Lipinski definition) is 1. The highest BCUT2D eigenvalue weighted by Crippen LogP contribution is 2.25. The highest BCUT2D eigenvalue weighted by Gasteiger charge is 2.16. The summed E-state index contributed by atoms with van der Waals surface area (Å²) in [6.45, 7) is 3.79. The molecule has 1 aliphatic heterocycles. The fourth-order valence-electron chi connectivity index (χ4n) is 2.30. The Kier molecular flexibility index (Phi) is 5.02. The molecule has 1 aromatic rings. The topological polar surface area (TPSA) is 30.5 Å². The van der Waals surface area contributed by atoms with Crippen molar-refractivity contribution in [1.82, 2.24) is 5.32 Å². The minimum absolute atomic E-state index is 0.309. The van der Waals surface area contributed by atoms with Crippen LogP contribution in [0.5, 0.6) is 5.75 Å². The molecule has 0 saturated carbocycles. The zero-order chi connectivity index (χ0) is 12.8. The third-order valence-electron chi connectivity index (χ3n) is 3.54. The average Bonchev–Trinajstić information content (AvgIpc) is 2.92. The molecule has 1 aromatic carbocycles. The van der Waals surface area contributed by atoms with Gasteiger partial charge < -0.3 is 14.8 Å². The van der Waals surface area contributed by atoms with Crippen LogP contribution in [0.3, 0.4) is 0 Å². The fourth-order valence-corrected chi connectivity index (χ4v) is 2.30. The van der Waals surface area contributed by atoms with Gasteiger partial charge in [-0.05, 0) is 32.9 Å². The van der Waals surface area contributed by atoms with Crippen LogP contribution in [0.2, 0.25) is 0 Å². The summed E-state index contributed by atoms with van der Waals surface area (Å²) in [4.78, 5) is 0. The van der Waals surface area contributed by atoms with Crippen LogP contribution >= 0.6 is 0 Å². The summed E-state index contributed by atoms with van der Waals surface area (Å²) in [5.41, 5.74) is 1.22. The van der Waals surface area contributed by atoms with Gasteiger partial charge in [0.1, 0.15) is 5.75 Å². The molecule has 0 radical (unpaired) electrons. The van der Waals surface area contributed by atoms with Gasteiger partial charge in [0, 0.05) is 24.6 Å². The van der Waals surface area contributed by atoms with Gasteiger partial charge in [-0.1, -0.05) is 18.2 Å². The molecule has 0 amide bonds. The molecule has 0 bridgehead atoms. The second kappa shape index (κ2) is 6.76. The van der Waals surface area contributed by atoms with Gasteiger partial charge in [0.2, 0.25) is 0 Å². The summed E-state index contributed by atoms with van der Waals surface area (Å²) in [6, 6.07) is 8.54. The molecule has 2 atom stereocenters. The second-order valence-electron chi connectivity index (χ2n) is 4.82. The van der Waals surface area contributed by atoms with Gasteiger partial charge in [-0.3, -0.25) is 0 Å². The van der Waals surface area contributed by atoms with Gasteiger partial charge in [-0.2, -0.15) is 0 Å². The van der Waals surface area contributed by atoms with E-state index >= 15 is 0 Å². The Hall–Kier alpha value is -1.06. The van der Waals surface area contributed by atoms with Gasteiger partial charge in [-0.25, -0.2) is 0 Å². The number of nitrogens with one attached hydrogen (secondary N) is 1. The van der Waals surface area contributed by atoms with Gasteiger partial charge in [0.15, 0.2) is 0 Å². The summed E-state index contributed by atoms with van der Waals surface area (Å²) in [5.74, 6) is 0.984. The first-order valence-electron chi connectivity index (χ1n) is 6.82. The van der Waals surface area contributed by atoms with Crippen LogP contribution in [0.1, 0.15) is 37.8 Å². The molecule has 1 saturated heterocycles. The summed E-state index contributed by atoms with van der Waals surface area (Å²) in [6.07, 6.45) is 3.76. The minimum atomic E-state index is 0.309. The molecular formula is C15H23NO2. The predicted molar refractivity (Wildman–Crippen MR) is 73.0 cm³/mol. The quantitative estimate of drug-likeness (QED) is 0.841. The molecule has 0 aromatic heterocycles. The average molecular weight is 249 g/mol.